The van der Waals surface area contributed by atoms with Gasteiger partial charge in [0.15, 0.2) is 47.1 Å². The molecule has 4 aromatic carbocycles. The largest absolute Gasteiger partial charge is 1.00 e. The van der Waals surface area contributed by atoms with Gasteiger partial charge in [0.05, 0.1) is 45.1 Å². The number of hydrogen-bond acceptors (Lipinski definition) is 29. The molecule has 20 unspecified atom stereocenters. The number of aromatic hydroxyl groups is 5. The molecule has 88 heavy (non-hydrogen) atoms. The summed E-state index contributed by atoms with van der Waals surface area (Å²) in [5.41, 5.74) is 0.573. The maximum Gasteiger partial charge on any atom is 1.00 e. The third-order valence-corrected chi connectivity index (χ3v) is 15.9. The predicted octanol–water partition coefficient (Wildman–Crippen LogP) is -3.68. The monoisotopic (exact) mass is 1270 g/mol. The number of fused-ring (bicyclic) bond motifs is 1. The van der Waals surface area contributed by atoms with Gasteiger partial charge in [-0.05, 0) is 66.5 Å². The van der Waals surface area contributed by atoms with Gasteiger partial charge in [0.2, 0.25) is 12.6 Å². The van der Waals surface area contributed by atoms with Crippen molar-refractivity contribution in [1.29, 1.82) is 0 Å². The molecule has 29 nitrogen and oxygen atoms in total. The summed E-state index contributed by atoms with van der Waals surface area (Å²) < 4.78 is 50.3. The van der Waals surface area contributed by atoms with Crippen molar-refractivity contribution in [2.75, 3.05) is 14.2 Å². The minimum atomic E-state index is -1.78. The van der Waals surface area contributed by atoms with Crippen molar-refractivity contribution in [3.63, 3.8) is 0 Å². The molecule has 0 aromatic heterocycles. The van der Waals surface area contributed by atoms with Gasteiger partial charge < -0.3 is 134 Å². The third-order valence-electron chi connectivity index (χ3n) is 15.9. The number of methoxy groups -OCH3 is 2. The molecule has 16 N–H and O–H groups in total. The SMILES string of the molecule is COc1ccc(CCC(=O)c2c(O)cc(OC3OC(C=O)C(O)C(O)C3OC3CC(C)C(O)C(O)C3O)cc2O)cc1O.COc1ccc([C@@H]2CC(=O)c3c(O)cc(OC4OC(C=O)C(O)C(O)C4OC4CC(C)C(O)C(O)C4O)cc3O2)cc1O.[HH].[K+].[OH-]. The number of aldehydes is 2. The Kier molecular flexibility index (Phi) is 24.9. The number of rotatable bonds is 17. The molecule has 4 aromatic rings. The molecule has 9 rings (SSSR count). The molecule has 4 fully saturated rings. The van der Waals surface area contributed by atoms with Gasteiger partial charge in [-0.1, -0.05) is 26.0 Å². The molecule has 2 saturated heterocycles. The molecule has 3 aliphatic heterocycles. The molecular weight excluding hydrogens is 1200 g/mol. The van der Waals surface area contributed by atoms with Crippen LogP contribution in [0.5, 0.6) is 57.5 Å². The van der Waals surface area contributed by atoms with Gasteiger partial charge in [-0.25, -0.2) is 0 Å². The van der Waals surface area contributed by atoms with Crippen molar-refractivity contribution >= 4 is 24.1 Å². The number of hydrogen-bond donors (Lipinski definition) is 15. The summed E-state index contributed by atoms with van der Waals surface area (Å²) in [5.74, 6) is -4.06. The number of carbonyl (C=O) groups is 4. The predicted molar refractivity (Wildman–Crippen MR) is 292 cm³/mol. The topological polar surface area (TPSA) is 485 Å². The fourth-order valence-corrected chi connectivity index (χ4v) is 11.0. The van der Waals surface area contributed by atoms with Gasteiger partial charge >= 0.3 is 51.4 Å². The fraction of sp³-hybridized carbons (Fsp3) is 0.517. The minimum Gasteiger partial charge on any atom is -0.870 e. The summed E-state index contributed by atoms with van der Waals surface area (Å²) in [6.45, 7) is 3.25. The van der Waals surface area contributed by atoms with Crippen LogP contribution in [-0.2, 0) is 35.0 Å². The van der Waals surface area contributed by atoms with Crippen LogP contribution in [0, 0.1) is 11.8 Å². The van der Waals surface area contributed by atoms with Gasteiger partial charge in [0.25, 0.3) is 0 Å². The molecule has 2 saturated carbocycles. The Bertz CT molecular complexity index is 3040. The number of benzene rings is 4. The normalized spacial score (nSPS) is 33.5. The van der Waals surface area contributed by atoms with Crippen LogP contribution in [-0.4, -0.2) is 231 Å². The average molecular weight is 1270 g/mol. The van der Waals surface area contributed by atoms with Crippen molar-refractivity contribution < 1.29 is 197 Å². The summed E-state index contributed by atoms with van der Waals surface area (Å²) >= 11 is 0. The van der Waals surface area contributed by atoms with Gasteiger partial charge in [-0.2, -0.15) is 0 Å². The summed E-state index contributed by atoms with van der Waals surface area (Å²) in [6, 6.07) is 13.5. The molecule has 0 amide bonds. The molecule has 0 radical (unpaired) electrons. The first-order valence-electron chi connectivity index (χ1n) is 27.3. The van der Waals surface area contributed by atoms with Crippen LogP contribution >= 0.6 is 0 Å². The number of carbonyl (C=O) groups excluding carboxylic acids is 4. The van der Waals surface area contributed by atoms with E-state index in [1.165, 1.54) is 44.6 Å². The molecule has 5 aliphatic rings. The first-order chi connectivity index (χ1) is 40.8. The molecule has 2 aliphatic carbocycles. The van der Waals surface area contributed by atoms with Crippen LogP contribution in [0.1, 0.15) is 78.9 Å². The van der Waals surface area contributed by atoms with Gasteiger partial charge in [0, 0.05) is 32.1 Å². The van der Waals surface area contributed by atoms with Crippen LogP contribution in [0.15, 0.2) is 60.7 Å². The van der Waals surface area contributed by atoms with E-state index in [1.807, 2.05) is 0 Å². The number of aliphatic hydroxyl groups excluding tert-OH is 10. The Hall–Kier alpha value is -5.40. The number of aliphatic hydroxyl groups is 10. The van der Waals surface area contributed by atoms with Gasteiger partial charge in [-0.3, -0.25) is 9.59 Å². The smallest absolute Gasteiger partial charge is 0.870 e. The van der Waals surface area contributed by atoms with E-state index in [0.717, 1.165) is 18.2 Å². The Balaban J connectivity index is 0.000000313. The molecule has 3 heterocycles. The Labute approximate surface area is 545 Å². The number of phenolic OH excluding ortho intramolecular Hbond substituents is 5. The zero-order valence-electron chi connectivity index (χ0n) is 48.1. The van der Waals surface area contributed by atoms with E-state index in [0.29, 0.717) is 11.1 Å². The van der Waals surface area contributed by atoms with E-state index in [2.05, 4.69) is 0 Å². The maximum absolute atomic E-state index is 13.0. The van der Waals surface area contributed by atoms with Crippen LogP contribution in [0.25, 0.3) is 0 Å². The Morgan fingerprint density at radius 1 is 0.580 bits per heavy atom. The number of phenols is 5. The Morgan fingerprint density at radius 2 is 1.03 bits per heavy atom. The van der Waals surface area contributed by atoms with E-state index in [4.69, 9.17) is 42.6 Å². The molecule has 0 bridgehead atoms. The summed E-state index contributed by atoms with van der Waals surface area (Å²) in [4.78, 5) is 48.9. The van der Waals surface area contributed by atoms with Crippen LogP contribution < -0.4 is 75.1 Å². The van der Waals surface area contributed by atoms with E-state index in [1.54, 1.807) is 26.0 Å². The number of ether oxygens (including phenoxy) is 9. The number of ketones is 2. The summed E-state index contributed by atoms with van der Waals surface area (Å²) in [7, 11) is 2.79. The van der Waals surface area contributed by atoms with Crippen molar-refractivity contribution in [1.82, 2.24) is 0 Å². The van der Waals surface area contributed by atoms with Crippen LogP contribution in [0.3, 0.4) is 0 Å². The van der Waals surface area contributed by atoms with Gasteiger partial charge in [0.1, 0.15) is 125 Å². The zero-order valence-corrected chi connectivity index (χ0v) is 51.2. The Morgan fingerprint density at radius 3 is 1.49 bits per heavy atom. The quantitative estimate of drug-likeness (QED) is 0.0275. The second-order valence-electron chi connectivity index (χ2n) is 21.8. The van der Waals surface area contributed by atoms with Crippen molar-refractivity contribution in [3.8, 4) is 57.5 Å². The molecular formula is C58H73KO29. The zero-order chi connectivity index (χ0) is 62.7. The maximum atomic E-state index is 13.0. The van der Waals surface area contributed by atoms with E-state index in [-0.39, 0.29) is 149 Å². The minimum absolute atomic E-state index is 0. The van der Waals surface area contributed by atoms with Crippen molar-refractivity contribution in [3.05, 3.63) is 82.9 Å². The van der Waals surface area contributed by atoms with Crippen LogP contribution in [0.2, 0.25) is 0 Å². The molecule has 480 valence electrons. The second-order valence-corrected chi connectivity index (χ2v) is 21.8. The standard InChI is InChI=1S/C29H34O14.C29H36O14.K.H2O.H2/c1-11-5-20(24(35)26(37)23(11)34)42-28-27(38)25(36)21(10-30)43-29(28)40-13-7-15(32)22-16(33)9-18(41-19(22)8-13)12-3-4-17(39-2)14(31)6-12;1-12-7-20(24(36)26(38)23(12)35)42-28-27(39)25(37)21(11-30)43-29(28)41-14-9-17(33)22(18(34)10-14)15(31)5-3-13-4-6-19(40-2)16(32)8-13;;;/h3-4,6-8,10-11,18,20-21,23-29,31-32,34-38H,5,9H2,1-2H3;4,6,8-12,20-21,23-29,32-39H,3,5,7H2,1-2H3;;1H2;1H/q;;+1;;/p-1/t11?,18-,20?,21?,23?,24?,25?,26?,27?,28?,29?;;;;/m0..../s1. The number of Topliss-reactive ketones (excluding diaryl/α,β-unsaturated/α-hetero) is 2. The van der Waals surface area contributed by atoms with E-state index >= 15 is 0 Å². The first kappa shape index (κ1) is 71.7. The van der Waals surface area contributed by atoms with Crippen molar-refractivity contribution in [2.24, 2.45) is 11.8 Å². The van der Waals surface area contributed by atoms with E-state index < -0.39 is 163 Å². The molecule has 30 heteroatoms. The third kappa shape index (κ3) is 15.5. The second kappa shape index (κ2) is 30.6. The molecule has 0 spiro atoms. The first-order valence-corrected chi connectivity index (χ1v) is 27.3. The van der Waals surface area contributed by atoms with E-state index in [9.17, 15) is 95.8 Å². The summed E-state index contributed by atoms with van der Waals surface area (Å²) in [6.07, 6.45) is -27.6. The number of aryl methyl sites for hydroxylation is 1. The average Bonchev–Trinajstić information content (AvgIpc) is 2.08. The van der Waals surface area contributed by atoms with Gasteiger partial charge in [-0.15, -0.1) is 0 Å². The molecule has 21 atom stereocenters. The van der Waals surface area contributed by atoms with Crippen LogP contribution in [0.4, 0.5) is 0 Å². The summed E-state index contributed by atoms with van der Waals surface area (Å²) in [5, 5.41) is 156. The van der Waals surface area contributed by atoms with Crippen molar-refractivity contribution in [2.45, 2.75) is 162 Å². The fourth-order valence-electron chi connectivity index (χ4n) is 11.0.